The maximum absolute atomic E-state index is 12.9. The number of amidine groups is 1. The van der Waals surface area contributed by atoms with Gasteiger partial charge in [0.25, 0.3) is 0 Å². The summed E-state index contributed by atoms with van der Waals surface area (Å²) in [5, 5.41) is 3.87. The Morgan fingerprint density at radius 3 is 2.10 bits per heavy atom. The molecule has 0 radical (unpaired) electrons. The second kappa shape index (κ2) is 14.1. The van der Waals surface area contributed by atoms with Gasteiger partial charge in [-0.05, 0) is 72.3 Å². The van der Waals surface area contributed by atoms with Crippen LogP contribution in [-0.4, -0.2) is 80.0 Å². The van der Waals surface area contributed by atoms with E-state index in [9.17, 15) is 4.79 Å². The van der Waals surface area contributed by atoms with E-state index in [-0.39, 0.29) is 42.6 Å². The molecule has 2 aliphatic rings. The normalized spacial score (nSPS) is 28.7. The van der Waals surface area contributed by atoms with Gasteiger partial charge in [0.05, 0.1) is 43.5 Å². The summed E-state index contributed by atoms with van der Waals surface area (Å²) in [5.74, 6) is -0.0132. The Morgan fingerprint density at radius 1 is 0.929 bits per heavy atom. The number of epoxide rings is 1. The molecule has 2 N–H and O–H groups in total. The van der Waals surface area contributed by atoms with E-state index in [4.69, 9.17) is 33.3 Å². The summed E-state index contributed by atoms with van der Waals surface area (Å²) in [5.41, 5.74) is 6.70. The number of hydrogen-bond donors (Lipinski definition) is 1. The van der Waals surface area contributed by atoms with Crippen molar-refractivity contribution in [3.05, 3.63) is 35.9 Å². The van der Waals surface area contributed by atoms with Crippen molar-refractivity contribution in [3.63, 3.8) is 0 Å². The highest BCUT2D eigenvalue weighted by atomic mass is 28.4. The monoisotopic (exact) mass is 638 g/mol. The van der Waals surface area contributed by atoms with Crippen LogP contribution in [0.4, 0.5) is 0 Å². The molecule has 42 heavy (non-hydrogen) atoms. The zero-order valence-electron chi connectivity index (χ0n) is 27.5. The van der Waals surface area contributed by atoms with Crippen molar-refractivity contribution >= 4 is 36.8 Å². The van der Waals surface area contributed by atoms with E-state index in [1.165, 1.54) is 0 Å². The minimum absolute atomic E-state index is 0.00979. The number of hydrogen-bond acceptors (Lipinski definition) is 8. The van der Waals surface area contributed by atoms with Crippen LogP contribution in [0.25, 0.3) is 0 Å². The summed E-state index contributed by atoms with van der Waals surface area (Å²) >= 11 is 0. The fourth-order valence-corrected chi connectivity index (χ4v) is 8.99. The molecule has 0 saturated carbocycles. The van der Waals surface area contributed by atoms with E-state index < -0.39 is 43.1 Å². The molecule has 8 atom stereocenters. The Kier molecular flexibility index (Phi) is 11.8. The zero-order valence-corrected chi connectivity index (χ0v) is 30.5. The molecule has 1 aromatic carbocycles. The maximum Gasteiger partial charge on any atom is 0.337 e. The second-order valence-corrected chi connectivity index (χ2v) is 28.1. The lowest BCUT2D eigenvalue weighted by Crippen LogP contribution is -2.58. The smallest absolute Gasteiger partial charge is 0.337 e. The van der Waals surface area contributed by atoms with Crippen molar-refractivity contribution in [2.75, 3.05) is 6.61 Å². The van der Waals surface area contributed by atoms with Crippen LogP contribution in [0.5, 0.6) is 0 Å². The average Bonchev–Trinajstić information content (AvgIpc) is 3.62. The van der Waals surface area contributed by atoms with Gasteiger partial charge < -0.3 is 33.3 Å². The molecule has 0 amide bonds. The topological polar surface area (TPSA) is 114 Å². The lowest BCUT2D eigenvalue weighted by atomic mass is 9.86. The fourth-order valence-electron chi connectivity index (χ4n) is 5.42. The van der Waals surface area contributed by atoms with Crippen LogP contribution in [0.15, 0.2) is 35.5 Å². The highest BCUT2D eigenvalue weighted by Crippen LogP contribution is 2.41. The molecule has 0 bridgehead atoms. The standard InChI is InChI=1S/C30H54N2O7Si3/c1-20(21(2)37-40(3,4)5)27-25(35-27)17-23-19-34-24(29(39-42(9,10)11)28(23)38-41(6,7)8)18-26(33)36-32-30(31)22-15-13-12-14-16-22/h12-16,20-21,23-25,27-29H,17-19H2,1-11H3,(H2,31,32)/t20-,21-,23-,24-,25-,27-,28+,29-/m0/s1. The van der Waals surface area contributed by atoms with Gasteiger partial charge in [-0.2, -0.15) is 0 Å². The van der Waals surface area contributed by atoms with Crippen molar-refractivity contribution in [3.8, 4) is 0 Å². The number of benzene rings is 1. The van der Waals surface area contributed by atoms with E-state index in [0.29, 0.717) is 18.1 Å². The van der Waals surface area contributed by atoms with Crippen LogP contribution in [0.1, 0.15) is 32.3 Å². The molecule has 3 rings (SSSR count). The van der Waals surface area contributed by atoms with Gasteiger partial charge in [0.1, 0.15) is 0 Å². The van der Waals surface area contributed by atoms with Crippen LogP contribution in [0, 0.1) is 11.8 Å². The molecule has 2 heterocycles. The molecular formula is C30H54N2O7Si3. The number of carbonyl (C=O) groups excluding carboxylic acids is 1. The van der Waals surface area contributed by atoms with Gasteiger partial charge >= 0.3 is 5.97 Å². The summed E-state index contributed by atoms with van der Waals surface area (Å²) in [4.78, 5) is 18.1. The fraction of sp³-hybridized carbons (Fsp3) is 0.733. The number of carbonyl (C=O) groups is 1. The highest BCUT2D eigenvalue weighted by Gasteiger charge is 2.51. The third-order valence-corrected chi connectivity index (χ3v) is 10.3. The van der Waals surface area contributed by atoms with Crippen molar-refractivity contribution in [2.45, 2.75) is 122 Å². The van der Waals surface area contributed by atoms with Crippen LogP contribution >= 0.6 is 0 Å². The molecule has 238 valence electrons. The van der Waals surface area contributed by atoms with E-state index >= 15 is 0 Å². The molecule has 0 spiro atoms. The van der Waals surface area contributed by atoms with E-state index in [1.54, 1.807) is 0 Å². The molecule has 0 aliphatic carbocycles. The van der Waals surface area contributed by atoms with Gasteiger partial charge in [-0.1, -0.05) is 42.4 Å². The minimum Gasteiger partial charge on any atom is -0.415 e. The first kappa shape index (κ1) is 35.1. The molecule has 12 heteroatoms. The Morgan fingerprint density at radius 2 is 1.52 bits per heavy atom. The number of oxime groups is 1. The van der Waals surface area contributed by atoms with Crippen molar-refractivity contribution in [1.29, 1.82) is 0 Å². The Labute approximate surface area is 256 Å². The van der Waals surface area contributed by atoms with Gasteiger partial charge in [-0.25, -0.2) is 4.79 Å². The number of nitrogens with zero attached hydrogens (tertiary/aromatic N) is 1. The number of rotatable bonds is 14. The third-order valence-electron chi connectivity index (χ3n) is 7.30. The third kappa shape index (κ3) is 11.3. The molecule has 1 aromatic rings. The molecular weight excluding hydrogens is 585 g/mol. The molecule has 0 aromatic heterocycles. The van der Waals surface area contributed by atoms with E-state index in [1.807, 2.05) is 30.3 Å². The molecule has 2 fully saturated rings. The summed E-state index contributed by atoms with van der Waals surface area (Å²) < 4.78 is 32.5. The quantitative estimate of drug-likeness (QED) is 0.0687. The number of nitrogens with two attached hydrogens (primary N) is 1. The largest absolute Gasteiger partial charge is 0.415 e. The Balaban J connectivity index is 1.73. The summed E-state index contributed by atoms with van der Waals surface area (Å²) in [6, 6.07) is 9.19. The SMILES string of the molecule is C[C@H]([C@@H]1O[C@H]1C[C@H]1CO[C@@H](CC(=O)O/N=C(/N)c2ccccc2)[C@H](O[Si](C)(C)C)[C@@H]1O[Si](C)(C)C)[C@H](C)O[Si](C)(C)C. The van der Waals surface area contributed by atoms with Crippen molar-refractivity contribution in [2.24, 2.45) is 22.7 Å². The highest BCUT2D eigenvalue weighted by molar-refractivity contribution is 6.70. The van der Waals surface area contributed by atoms with E-state index in [0.717, 1.165) is 6.42 Å². The summed E-state index contributed by atoms with van der Waals surface area (Å²) in [7, 11) is -5.68. The molecule has 2 aliphatic heterocycles. The summed E-state index contributed by atoms with van der Waals surface area (Å²) in [6.45, 7) is 24.5. The van der Waals surface area contributed by atoms with Gasteiger partial charge in [0.2, 0.25) is 0 Å². The van der Waals surface area contributed by atoms with E-state index in [2.05, 4.69) is 77.9 Å². The Hall–Kier alpha value is -1.39. The first-order chi connectivity index (χ1) is 19.3. The molecule has 0 unspecified atom stereocenters. The predicted octanol–water partition coefficient (Wildman–Crippen LogP) is 5.73. The van der Waals surface area contributed by atoms with Crippen molar-refractivity contribution in [1.82, 2.24) is 0 Å². The van der Waals surface area contributed by atoms with Crippen LogP contribution in [-0.2, 0) is 32.4 Å². The Bertz CT molecular complexity index is 1060. The molecule has 9 nitrogen and oxygen atoms in total. The summed E-state index contributed by atoms with van der Waals surface area (Å²) in [6.07, 6.45) is 0.0706. The van der Waals surface area contributed by atoms with Crippen LogP contribution in [0.2, 0.25) is 58.9 Å². The van der Waals surface area contributed by atoms with Crippen LogP contribution < -0.4 is 5.73 Å². The number of ether oxygens (including phenoxy) is 2. The van der Waals surface area contributed by atoms with Gasteiger partial charge in [-0.15, -0.1) is 0 Å². The predicted molar refractivity (Wildman–Crippen MR) is 174 cm³/mol. The van der Waals surface area contributed by atoms with Crippen LogP contribution in [0.3, 0.4) is 0 Å². The first-order valence-electron chi connectivity index (χ1n) is 15.2. The maximum atomic E-state index is 12.9. The zero-order chi connectivity index (χ0) is 31.5. The lowest BCUT2D eigenvalue weighted by Gasteiger charge is -2.46. The second-order valence-electron chi connectivity index (χ2n) is 14.7. The first-order valence-corrected chi connectivity index (χ1v) is 25.4. The average molecular weight is 639 g/mol. The van der Waals surface area contributed by atoms with Crippen molar-refractivity contribution < 1.29 is 32.4 Å². The lowest BCUT2D eigenvalue weighted by molar-refractivity contribution is -0.170. The minimum atomic E-state index is -2.05. The molecule has 2 saturated heterocycles. The van der Waals surface area contributed by atoms with Gasteiger partial charge in [0, 0.05) is 23.5 Å². The van der Waals surface area contributed by atoms with Gasteiger partial charge in [-0.3, -0.25) is 0 Å². The van der Waals surface area contributed by atoms with Gasteiger partial charge in [0.15, 0.2) is 30.8 Å².